The van der Waals surface area contributed by atoms with Crippen molar-refractivity contribution in [2.45, 2.75) is 18.4 Å². The second-order valence-corrected chi connectivity index (χ2v) is 8.81. The lowest BCUT2D eigenvalue weighted by atomic mass is 10.2. The van der Waals surface area contributed by atoms with E-state index in [1.807, 2.05) is 19.1 Å². The maximum absolute atomic E-state index is 12.6. The summed E-state index contributed by atoms with van der Waals surface area (Å²) in [6, 6.07) is 5.35. The van der Waals surface area contributed by atoms with Crippen LogP contribution in [0.1, 0.15) is 10.4 Å². The number of anilines is 1. The van der Waals surface area contributed by atoms with Crippen LogP contribution < -0.4 is 10.0 Å². The van der Waals surface area contributed by atoms with E-state index in [2.05, 4.69) is 41.9 Å². The molecule has 2 aromatic rings. The van der Waals surface area contributed by atoms with Gasteiger partial charge in [0.25, 0.3) is 10.0 Å². The van der Waals surface area contributed by atoms with Gasteiger partial charge in [0, 0.05) is 20.4 Å². The standard InChI is InChI=1S/C13H14Br2N2O2S2/c1-8-5-9(14)13(10(15)6-8)17-21(18,19)12-3-4-20-11(12)7-16-2/h3-6,16-17H,7H2,1-2H3. The maximum Gasteiger partial charge on any atom is 0.263 e. The molecule has 21 heavy (non-hydrogen) atoms. The average molecular weight is 454 g/mol. The fraction of sp³-hybridized carbons (Fsp3) is 0.231. The molecule has 0 aliphatic heterocycles. The molecule has 0 bridgehead atoms. The van der Waals surface area contributed by atoms with Crippen LogP contribution in [0.25, 0.3) is 0 Å². The van der Waals surface area contributed by atoms with Crippen LogP contribution in [0.15, 0.2) is 37.4 Å². The number of hydrogen-bond acceptors (Lipinski definition) is 4. The summed E-state index contributed by atoms with van der Waals surface area (Å²) >= 11 is 8.21. The minimum Gasteiger partial charge on any atom is -0.315 e. The second-order valence-electron chi connectivity index (χ2n) is 4.45. The molecule has 0 fully saturated rings. The highest BCUT2D eigenvalue weighted by atomic mass is 79.9. The van der Waals surface area contributed by atoms with Gasteiger partial charge in [-0.15, -0.1) is 11.3 Å². The summed E-state index contributed by atoms with van der Waals surface area (Å²) in [5.41, 5.74) is 1.53. The zero-order chi connectivity index (χ0) is 15.6. The third-order valence-corrected chi connectivity index (χ3v) is 6.49. The fourth-order valence-corrected chi connectivity index (χ4v) is 6.28. The van der Waals surface area contributed by atoms with Gasteiger partial charge < -0.3 is 5.32 Å². The van der Waals surface area contributed by atoms with Gasteiger partial charge >= 0.3 is 0 Å². The number of sulfonamides is 1. The number of halogens is 2. The quantitative estimate of drug-likeness (QED) is 0.716. The predicted molar refractivity (Wildman–Crippen MR) is 94.5 cm³/mol. The number of hydrogen-bond donors (Lipinski definition) is 2. The van der Waals surface area contributed by atoms with Crippen molar-refractivity contribution in [1.82, 2.24) is 5.32 Å². The minimum absolute atomic E-state index is 0.307. The molecule has 1 aromatic carbocycles. The van der Waals surface area contributed by atoms with Crippen molar-refractivity contribution in [2.24, 2.45) is 0 Å². The average Bonchev–Trinajstić information content (AvgIpc) is 2.83. The van der Waals surface area contributed by atoms with Crippen LogP contribution in [0.2, 0.25) is 0 Å². The van der Waals surface area contributed by atoms with Crippen molar-refractivity contribution < 1.29 is 8.42 Å². The molecule has 8 heteroatoms. The highest BCUT2D eigenvalue weighted by molar-refractivity contribution is 9.11. The highest BCUT2D eigenvalue weighted by Crippen LogP contribution is 2.34. The summed E-state index contributed by atoms with van der Waals surface area (Å²) in [6.07, 6.45) is 0. The first-order chi connectivity index (χ1) is 9.85. The van der Waals surface area contributed by atoms with Crippen molar-refractivity contribution >= 4 is 58.9 Å². The lowest BCUT2D eigenvalue weighted by molar-refractivity contribution is 0.600. The molecule has 0 unspecified atom stereocenters. The summed E-state index contributed by atoms with van der Waals surface area (Å²) in [5, 5.41) is 4.75. The molecular formula is C13H14Br2N2O2S2. The molecule has 0 amide bonds. The third-order valence-electron chi connectivity index (χ3n) is 2.75. The van der Waals surface area contributed by atoms with Gasteiger partial charge in [-0.3, -0.25) is 4.72 Å². The maximum atomic E-state index is 12.6. The van der Waals surface area contributed by atoms with Crippen LogP contribution in [-0.4, -0.2) is 15.5 Å². The van der Waals surface area contributed by atoms with E-state index < -0.39 is 10.0 Å². The van der Waals surface area contributed by atoms with Crippen LogP contribution in [0.5, 0.6) is 0 Å². The molecule has 2 rings (SSSR count). The molecule has 2 N–H and O–H groups in total. The van der Waals surface area contributed by atoms with Crippen molar-refractivity contribution in [1.29, 1.82) is 0 Å². The number of rotatable bonds is 5. The molecular weight excluding hydrogens is 440 g/mol. The molecule has 0 spiro atoms. The SMILES string of the molecule is CNCc1sccc1S(=O)(=O)Nc1c(Br)cc(C)cc1Br. The van der Waals surface area contributed by atoms with E-state index in [0.717, 1.165) is 10.4 Å². The Morgan fingerprint density at radius 1 is 1.24 bits per heavy atom. The Bertz CT molecular complexity index is 734. The van der Waals surface area contributed by atoms with E-state index >= 15 is 0 Å². The Morgan fingerprint density at radius 3 is 2.43 bits per heavy atom. The zero-order valence-corrected chi connectivity index (χ0v) is 16.2. The Kier molecular flexibility index (Phi) is 5.48. The summed E-state index contributed by atoms with van der Waals surface area (Å²) < 4.78 is 29.2. The molecule has 0 atom stereocenters. The van der Waals surface area contributed by atoms with Gasteiger partial charge in [-0.1, -0.05) is 0 Å². The van der Waals surface area contributed by atoms with Gasteiger partial charge in [-0.2, -0.15) is 0 Å². The Labute approximate surface area is 145 Å². The van der Waals surface area contributed by atoms with E-state index in [9.17, 15) is 8.42 Å². The second kappa shape index (κ2) is 6.78. The number of nitrogens with one attached hydrogen (secondary N) is 2. The van der Waals surface area contributed by atoms with Gasteiger partial charge in [0.2, 0.25) is 0 Å². The molecule has 4 nitrogen and oxygen atoms in total. The first kappa shape index (κ1) is 17.0. The van der Waals surface area contributed by atoms with Gasteiger partial charge in [-0.25, -0.2) is 8.42 Å². The smallest absolute Gasteiger partial charge is 0.263 e. The van der Waals surface area contributed by atoms with E-state index in [-0.39, 0.29) is 0 Å². The third kappa shape index (κ3) is 3.87. The van der Waals surface area contributed by atoms with E-state index in [1.165, 1.54) is 11.3 Å². The van der Waals surface area contributed by atoms with Crippen LogP contribution in [0.4, 0.5) is 5.69 Å². The Morgan fingerprint density at radius 2 is 1.86 bits per heavy atom. The van der Waals surface area contributed by atoms with Crippen molar-refractivity contribution in [3.63, 3.8) is 0 Å². The molecule has 114 valence electrons. The summed E-state index contributed by atoms with van der Waals surface area (Å²) in [5.74, 6) is 0. The summed E-state index contributed by atoms with van der Waals surface area (Å²) in [4.78, 5) is 1.09. The molecule has 1 aromatic heterocycles. The topological polar surface area (TPSA) is 58.2 Å². The largest absolute Gasteiger partial charge is 0.315 e. The fourth-order valence-electron chi connectivity index (χ4n) is 1.84. The molecule has 0 aliphatic rings. The van der Waals surface area contributed by atoms with Crippen molar-refractivity contribution in [2.75, 3.05) is 11.8 Å². The van der Waals surface area contributed by atoms with Gasteiger partial charge in [0.05, 0.1) is 5.69 Å². The van der Waals surface area contributed by atoms with Crippen molar-refractivity contribution in [3.8, 4) is 0 Å². The van der Waals surface area contributed by atoms with Crippen LogP contribution in [-0.2, 0) is 16.6 Å². The summed E-state index contributed by atoms with van der Waals surface area (Å²) in [7, 11) is -1.83. The van der Waals surface area contributed by atoms with Gasteiger partial charge in [0.1, 0.15) is 4.90 Å². The number of thiophene rings is 1. The molecule has 0 radical (unpaired) electrons. The lowest BCUT2D eigenvalue weighted by Crippen LogP contribution is -2.16. The normalized spacial score (nSPS) is 11.6. The molecule has 0 saturated carbocycles. The lowest BCUT2D eigenvalue weighted by Gasteiger charge is -2.13. The first-order valence-electron chi connectivity index (χ1n) is 6.04. The predicted octanol–water partition coefficient (Wildman–Crippen LogP) is 4.10. The molecule has 0 saturated heterocycles. The Balaban J connectivity index is 2.40. The highest BCUT2D eigenvalue weighted by Gasteiger charge is 2.21. The number of aryl methyl sites for hydroxylation is 1. The van der Waals surface area contributed by atoms with Gasteiger partial charge in [0.15, 0.2) is 0 Å². The van der Waals surface area contributed by atoms with E-state index in [1.54, 1.807) is 18.5 Å². The molecule has 1 heterocycles. The van der Waals surface area contributed by atoms with E-state index in [4.69, 9.17) is 0 Å². The van der Waals surface area contributed by atoms with Gasteiger partial charge in [-0.05, 0) is 75.0 Å². The van der Waals surface area contributed by atoms with Crippen LogP contribution >= 0.6 is 43.2 Å². The van der Waals surface area contributed by atoms with Crippen molar-refractivity contribution in [3.05, 3.63) is 43.0 Å². The minimum atomic E-state index is -3.62. The van der Waals surface area contributed by atoms with Crippen LogP contribution in [0.3, 0.4) is 0 Å². The van der Waals surface area contributed by atoms with Crippen LogP contribution in [0, 0.1) is 6.92 Å². The Hall–Kier alpha value is -0.410. The summed E-state index contributed by atoms with van der Waals surface area (Å²) in [6.45, 7) is 2.46. The first-order valence-corrected chi connectivity index (χ1v) is 9.99. The monoisotopic (exact) mass is 452 g/mol. The molecule has 0 aliphatic carbocycles. The number of benzene rings is 1. The van der Waals surface area contributed by atoms with E-state index in [0.29, 0.717) is 26.1 Å². The zero-order valence-electron chi connectivity index (χ0n) is 11.4.